The van der Waals surface area contributed by atoms with Gasteiger partial charge in [-0.2, -0.15) is 0 Å². The summed E-state index contributed by atoms with van der Waals surface area (Å²) in [4.78, 5) is 22.9. The molecule has 0 radical (unpaired) electrons. The average Bonchev–Trinajstić information content (AvgIpc) is 2.65. The van der Waals surface area contributed by atoms with Crippen molar-refractivity contribution in [2.24, 2.45) is 5.92 Å². The molecule has 0 aliphatic carbocycles. The number of nitrogens with zero attached hydrogens (tertiary/aromatic N) is 1. The van der Waals surface area contributed by atoms with Crippen LogP contribution in [0.3, 0.4) is 0 Å². The number of hydrogen-bond acceptors (Lipinski definition) is 2. The van der Waals surface area contributed by atoms with Crippen molar-refractivity contribution in [3.63, 3.8) is 0 Å². The molecule has 4 heteroatoms. The van der Waals surface area contributed by atoms with Crippen LogP contribution in [0.2, 0.25) is 0 Å². The largest absolute Gasteiger partial charge is 0.355 e. The summed E-state index contributed by atoms with van der Waals surface area (Å²) in [6.45, 7) is 6.63. The summed E-state index contributed by atoms with van der Waals surface area (Å²) in [7, 11) is 0. The normalized spacial score (nSPS) is 10.6. The van der Waals surface area contributed by atoms with E-state index in [1.165, 1.54) is 6.92 Å². The lowest BCUT2D eigenvalue weighted by Crippen LogP contribution is -2.29. The maximum absolute atomic E-state index is 11.6. The Morgan fingerprint density at radius 1 is 1.41 bits per heavy atom. The summed E-state index contributed by atoms with van der Waals surface area (Å²) in [6.07, 6.45) is 2.72. The number of carbonyl (C=O) groups is 2. The molecular weight excluding hydrogens is 216 g/mol. The molecule has 1 aromatic heterocycles. The molecule has 1 N–H and O–H groups in total. The fourth-order valence-electron chi connectivity index (χ4n) is 1.58. The minimum atomic E-state index is -0.0515. The summed E-state index contributed by atoms with van der Waals surface area (Å²) < 4.78 is 1.67. The summed E-state index contributed by atoms with van der Waals surface area (Å²) in [5, 5.41) is 2.85. The number of nitrogens with one attached hydrogen (secondary N) is 1. The molecule has 0 spiro atoms. The highest BCUT2D eigenvalue weighted by molar-refractivity contribution is 5.93. The summed E-state index contributed by atoms with van der Waals surface area (Å²) >= 11 is 0. The third-order valence-corrected chi connectivity index (χ3v) is 2.55. The van der Waals surface area contributed by atoms with Crippen molar-refractivity contribution >= 4 is 11.7 Å². The van der Waals surface area contributed by atoms with E-state index < -0.39 is 0 Å². The van der Waals surface area contributed by atoms with Crippen molar-refractivity contribution in [3.05, 3.63) is 24.0 Å². The molecule has 1 rings (SSSR count). The monoisotopic (exact) mass is 236 g/mol. The molecule has 0 bridgehead atoms. The molecule has 0 atom stereocenters. The highest BCUT2D eigenvalue weighted by Crippen LogP contribution is 2.03. The van der Waals surface area contributed by atoms with Gasteiger partial charge in [-0.3, -0.25) is 9.59 Å². The molecule has 0 saturated heterocycles. The maximum atomic E-state index is 11.6. The van der Waals surface area contributed by atoms with Crippen LogP contribution in [0.4, 0.5) is 0 Å². The first kappa shape index (κ1) is 13.5. The zero-order chi connectivity index (χ0) is 12.8. The zero-order valence-electron chi connectivity index (χ0n) is 10.7. The Labute approximate surface area is 102 Å². The van der Waals surface area contributed by atoms with Crippen LogP contribution in [-0.2, 0) is 11.3 Å². The Hall–Kier alpha value is -1.58. The van der Waals surface area contributed by atoms with Crippen molar-refractivity contribution in [1.29, 1.82) is 0 Å². The summed E-state index contributed by atoms with van der Waals surface area (Å²) in [5.41, 5.74) is 0.573. The molecule has 0 fully saturated rings. The first-order chi connectivity index (χ1) is 8.00. The van der Waals surface area contributed by atoms with Crippen molar-refractivity contribution in [3.8, 4) is 0 Å². The van der Waals surface area contributed by atoms with Crippen LogP contribution in [0.5, 0.6) is 0 Å². The Morgan fingerprint density at radius 2 is 2.12 bits per heavy atom. The van der Waals surface area contributed by atoms with E-state index in [0.29, 0.717) is 18.2 Å². The smallest absolute Gasteiger partial charge is 0.239 e. The predicted molar refractivity (Wildman–Crippen MR) is 66.9 cm³/mol. The van der Waals surface area contributed by atoms with Crippen molar-refractivity contribution in [2.75, 3.05) is 6.54 Å². The van der Waals surface area contributed by atoms with E-state index in [4.69, 9.17) is 0 Å². The fraction of sp³-hybridized carbons (Fsp3) is 0.538. The fourth-order valence-corrected chi connectivity index (χ4v) is 1.58. The quantitative estimate of drug-likeness (QED) is 0.766. The minimum Gasteiger partial charge on any atom is -0.355 e. The summed E-state index contributed by atoms with van der Waals surface area (Å²) in [5.74, 6) is 0.504. The van der Waals surface area contributed by atoms with E-state index in [2.05, 4.69) is 19.2 Å². The molecule has 0 aliphatic rings. The lowest BCUT2D eigenvalue weighted by atomic mass is 10.1. The van der Waals surface area contributed by atoms with Crippen LogP contribution >= 0.6 is 0 Å². The average molecular weight is 236 g/mol. The van der Waals surface area contributed by atoms with Crippen LogP contribution in [0.1, 0.15) is 37.7 Å². The third-order valence-electron chi connectivity index (χ3n) is 2.55. The van der Waals surface area contributed by atoms with Crippen molar-refractivity contribution < 1.29 is 9.59 Å². The number of carbonyl (C=O) groups excluding carboxylic acids is 2. The number of aromatic nitrogens is 1. The predicted octanol–water partition coefficient (Wildman–Crippen LogP) is 1.85. The van der Waals surface area contributed by atoms with Crippen LogP contribution in [-0.4, -0.2) is 22.8 Å². The van der Waals surface area contributed by atoms with E-state index in [1.807, 2.05) is 0 Å². The molecule has 0 aromatic carbocycles. The molecule has 1 aromatic rings. The Balaban J connectivity index is 2.45. The Morgan fingerprint density at radius 3 is 2.71 bits per heavy atom. The molecule has 1 heterocycles. The number of rotatable bonds is 6. The van der Waals surface area contributed by atoms with Gasteiger partial charge in [-0.05, 0) is 24.5 Å². The second-order valence-electron chi connectivity index (χ2n) is 4.61. The molecule has 0 aliphatic heterocycles. The zero-order valence-corrected chi connectivity index (χ0v) is 10.7. The Kier molecular flexibility index (Phi) is 4.94. The maximum Gasteiger partial charge on any atom is 0.239 e. The third kappa shape index (κ3) is 4.43. The second-order valence-corrected chi connectivity index (χ2v) is 4.61. The molecule has 94 valence electrons. The van der Waals surface area contributed by atoms with Gasteiger partial charge in [-0.25, -0.2) is 0 Å². The van der Waals surface area contributed by atoms with Crippen molar-refractivity contribution in [2.45, 2.75) is 33.7 Å². The SMILES string of the molecule is CC(=O)c1cccn1CC(=O)NCCC(C)C. The van der Waals surface area contributed by atoms with Crippen molar-refractivity contribution in [1.82, 2.24) is 9.88 Å². The van der Waals surface area contributed by atoms with E-state index >= 15 is 0 Å². The van der Waals surface area contributed by atoms with Crippen LogP contribution in [0, 0.1) is 5.92 Å². The first-order valence-electron chi connectivity index (χ1n) is 5.93. The van der Waals surface area contributed by atoms with Gasteiger partial charge in [0, 0.05) is 19.7 Å². The standard InChI is InChI=1S/C13H20N2O2/c1-10(2)6-7-14-13(17)9-15-8-4-5-12(15)11(3)16/h4-5,8,10H,6-7,9H2,1-3H3,(H,14,17). The number of hydrogen-bond donors (Lipinski definition) is 1. The molecule has 4 nitrogen and oxygen atoms in total. The molecular formula is C13H20N2O2. The Bertz CT molecular complexity index is 394. The minimum absolute atomic E-state index is 0.0232. The molecule has 17 heavy (non-hydrogen) atoms. The van der Waals surface area contributed by atoms with Gasteiger partial charge in [-0.1, -0.05) is 13.8 Å². The van der Waals surface area contributed by atoms with E-state index in [9.17, 15) is 9.59 Å². The van der Waals surface area contributed by atoms with E-state index in [1.54, 1.807) is 22.9 Å². The molecule has 0 saturated carbocycles. The topological polar surface area (TPSA) is 51.1 Å². The summed E-state index contributed by atoms with van der Waals surface area (Å²) in [6, 6.07) is 3.50. The number of Topliss-reactive ketones (excluding diaryl/α,β-unsaturated/α-hetero) is 1. The van der Waals surface area contributed by atoms with Gasteiger partial charge in [-0.15, -0.1) is 0 Å². The molecule has 1 amide bonds. The number of ketones is 1. The van der Waals surface area contributed by atoms with Gasteiger partial charge in [0.1, 0.15) is 6.54 Å². The lowest BCUT2D eigenvalue weighted by Gasteiger charge is -2.09. The number of amides is 1. The van der Waals surface area contributed by atoms with Crippen LogP contribution in [0.25, 0.3) is 0 Å². The van der Waals surface area contributed by atoms with Gasteiger partial charge >= 0.3 is 0 Å². The van der Waals surface area contributed by atoms with Crippen LogP contribution in [0.15, 0.2) is 18.3 Å². The van der Waals surface area contributed by atoms with Gasteiger partial charge in [0.05, 0.1) is 5.69 Å². The van der Waals surface area contributed by atoms with Crippen LogP contribution < -0.4 is 5.32 Å². The first-order valence-corrected chi connectivity index (χ1v) is 5.93. The highest BCUT2D eigenvalue weighted by Gasteiger charge is 2.09. The van der Waals surface area contributed by atoms with E-state index in [0.717, 1.165) is 6.42 Å². The van der Waals surface area contributed by atoms with Gasteiger partial charge in [0.25, 0.3) is 0 Å². The van der Waals surface area contributed by atoms with Gasteiger partial charge in [0.15, 0.2) is 5.78 Å². The second kappa shape index (κ2) is 6.23. The molecule has 0 unspecified atom stereocenters. The highest BCUT2D eigenvalue weighted by atomic mass is 16.2. The van der Waals surface area contributed by atoms with Gasteiger partial charge < -0.3 is 9.88 Å². The van der Waals surface area contributed by atoms with Gasteiger partial charge in [0.2, 0.25) is 5.91 Å². The lowest BCUT2D eigenvalue weighted by molar-refractivity contribution is -0.121. The van der Waals surface area contributed by atoms with E-state index in [-0.39, 0.29) is 18.2 Å².